The molecule has 4 nitrogen and oxygen atoms in total. The van der Waals surface area contributed by atoms with E-state index < -0.39 is 0 Å². The van der Waals surface area contributed by atoms with Gasteiger partial charge in [0.25, 0.3) is 0 Å². The van der Waals surface area contributed by atoms with Crippen LogP contribution >= 0.6 is 0 Å². The number of nitrogens with zero attached hydrogens (tertiary/aromatic N) is 1. The molecule has 1 spiro atoms. The molecule has 0 aromatic carbocycles. The molecule has 1 heterocycles. The fourth-order valence-electron chi connectivity index (χ4n) is 3.29. The molecule has 1 atom stereocenters. The topological polar surface area (TPSA) is 73.3 Å². The molecule has 1 saturated carbocycles. The zero-order valence-corrected chi connectivity index (χ0v) is 9.21. The molecule has 86 valence electrons. The predicted octanol–water partition coefficient (Wildman–Crippen LogP) is 0.754. The van der Waals surface area contributed by atoms with E-state index in [2.05, 4.69) is 0 Å². The quantitative estimate of drug-likeness (QED) is 0.443. The third-order valence-electron chi connectivity index (χ3n) is 4.22. The lowest BCUT2D eigenvalue weighted by atomic mass is 9.68. The molecule has 0 bridgehead atoms. The normalized spacial score (nSPS) is 29.7. The van der Waals surface area contributed by atoms with E-state index >= 15 is 0 Å². The Hall–Kier alpha value is -0.770. The summed E-state index contributed by atoms with van der Waals surface area (Å²) in [4.78, 5) is 1.92. The van der Waals surface area contributed by atoms with Gasteiger partial charge in [0, 0.05) is 25.6 Å². The number of rotatable bonds is 1. The molecule has 2 aliphatic rings. The number of aliphatic hydroxyl groups is 1. The summed E-state index contributed by atoms with van der Waals surface area (Å²) in [6, 6.07) is 0. The van der Waals surface area contributed by atoms with Crippen molar-refractivity contribution >= 4 is 5.96 Å². The molecule has 15 heavy (non-hydrogen) atoms. The highest BCUT2D eigenvalue weighted by Gasteiger charge is 2.46. The van der Waals surface area contributed by atoms with Crippen molar-refractivity contribution in [2.75, 3.05) is 19.7 Å². The molecule has 0 radical (unpaired) electrons. The Kier molecular flexibility index (Phi) is 2.87. The van der Waals surface area contributed by atoms with Crippen molar-refractivity contribution in [1.82, 2.24) is 4.90 Å². The van der Waals surface area contributed by atoms with Gasteiger partial charge in [0.1, 0.15) is 0 Å². The highest BCUT2D eigenvalue weighted by atomic mass is 16.3. The maximum atomic E-state index is 9.45. The van der Waals surface area contributed by atoms with E-state index in [1.807, 2.05) is 4.90 Å². The Morgan fingerprint density at radius 1 is 1.40 bits per heavy atom. The van der Waals surface area contributed by atoms with Crippen molar-refractivity contribution in [3.8, 4) is 0 Å². The molecule has 0 unspecified atom stereocenters. The average Bonchev–Trinajstić information content (AvgIpc) is 2.58. The van der Waals surface area contributed by atoms with Crippen LogP contribution in [-0.4, -0.2) is 35.7 Å². The molecule has 0 aromatic rings. The smallest absolute Gasteiger partial charge is 0.188 e. The maximum Gasteiger partial charge on any atom is 0.188 e. The monoisotopic (exact) mass is 211 g/mol. The van der Waals surface area contributed by atoms with Crippen molar-refractivity contribution in [3.05, 3.63) is 0 Å². The van der Waals surface area contributed by atoms with Crippen molar-refractivity contribution < 1.29 is 5.11 Å². The lowest BCUT2D eigenvalue weighted by molar-refractivity contribution is 0.0924. The highest BCUT2D eigenvalue weighted by Crippen LogP contribution is 2.47. The van der Waals surface area contributed by atoms with Crippen molar-refractivity contribution in [3.63, 3.8) is 0 Å². The fraction of sp³-hybridized carbons (Fsp3) is 0.909. The molecule has 1 aliphatic carbocycles. The fourth-order valence-corrected chi connectivity index (χ4v) is 3.29. The van der Waals surface area contributed by atoms with Crippen molar-refractivity contribution in [2.24, 2.45) is 17.1 Å². The van der Waals surface area contributed by atoms with Gasteiger partial charge in [-0.25, -0.2) is 0 Å². The first-order chi connectivity index (χ1) is 7.18. The zero-order valence-electron chi connectivity index (χ0n) is 9.21. The predicted molar refractivity (Wildman–Crippen MR) is 59.6 cm³/mol. The van der Waals surface area contributed by atoms with Gasteiger partial charge in [-0.05, 0) is 18.3 Å². The average molecular weight is 211 g/mol. The van der Waals surface area contributed by atoms with E-state index in [9.17, 15) is 5.11 Å². The van der Waals surface area contributed by atoms with E-state index in [1.165, 1.54) is 32.1 Å². The number of hydrogen-bond acceptors (Lipinski definition) is 2. The zero-order chi connectivity index (χ0) is 10.9. The van der Waals surface area contributed by atoms with Crippen LogP contribution in [0, 0.1) is 16.7 Å². The van der Waals surface area contributed by atoms with Crippen LogP contribution < -0.4 is 5.73 Å². The second-order valence-corrected chi connectivity index (χ2v) is 5.07. The lowest BCUT2D eigenvalue weighted by Gasteiger charge is -2.37. The standard InChI is InChI=1S/C11H21N3O/c12-10(13)14-6-9(7-15)11(8-14)4-2-1-3-5-11/h9,15H,1-8H2,(H3,12,13)/t9-/m1/s1. The number of aliphatic hydroxyl groups excluding tert-OH is 1. The highest BCUT2D eigenvalue weighted by molar-refractivity contribution is 5.75. The number of likely N-dealkylation sites (tertiary alicyclic amines) is 1. The first-order valence-electron chi connectivity index (χ1n) is 5.88. The molecule has 1 saturated heterocycles. The Bertz CT molecular complexity index is 248. The van der Waals surface area contributed by atoms with E-state index in [4.69, 9.17) is 11.1 Å². The summed E-state index contributed by atoms with van der Waals surface area (Å²) < 4.78 is 0. The largest absolute Gasteiger partial charge is 0.396 e. The maximum absolute atomic E-state index is 9.45. The van der Waals surface area contributed by atoms with Crippen LogP contribution in [0.15, 0.2) is 0 Å². The third-order valence-corrected chi connectivity index (χ3v) is 4.22. The van der Waals surface area contributed by atoms with Gasteiger partial charge in [-0.15, -0.1) is 0 Å². The number of nitrogens with two attached hydrogens (primary N) is 1. The minimum atomic E-state index is 0.163. The van der Waals surface area contributed by atoms with Gasteiger partial charge in [-0.3, -0.25) is 5.41 Å². The van der Waals surface area contributed by atoms with Gasteiger partial charge in [-0.1, -0.05) is 19.3 Å². The lowest BCUT2D eigenvalue weighted by Crippen LogP contribution is -2.37. The molecular formula is C11H21N3O. The molecule has 4 N–H and O–H groups in total. The van der Waals surface area contributed by atoms with E-state index in [0.717, 1.165) is 13.1 Å². The summed E-state index contributed by atoms with van der Waals surface area (Å²) >= 11 is 0. The van der Waals surface area contributed by atoms with Crippen LogP contribution in [0.2, 0.25) is 0 Å². The minimum Gasteiger partial charge on any atom is -0.396 e. The Morgan fingerprint density at radius 3 is 2.60 bits per heavy atom. The summed E-state index contributed by atoms with van der Waals surface area (Å²) in [5, 5.41) is 16.9. The molecule has 0 amide bonds. The van der Waals surface area contributed by atoms with Crippen LogP contribution in [0.25, 0.3) is 0 Å². The minimum absolute atomic E-state index is 0.163. The van der Waals surface area contributed by atoms with Gasteiger partial charge in [0.15, 0.2) is 5.96 Å². The Balaban J connectivity index is 2.12. The molecule has 0 aromatic heterocycles. The number of hydrogen-bond donors (Lipinski definition) is 3. The summed E-state index contributed by atoms with van der Waals surface area (Å²) in [5.41, 5.74) is 5.78. The Labute approximate surface area is 91.0 Å². The van der Waals surface area contributed by atoms with Crippen molar-refractivity contribution in [1.29, 1.82) is 5.41 Å². The number of guanidine groups is 1. The second kappa shape index (κ2) is 4.00. The van der Waals surface area contributed by atoms with E-state index in [-0.39, 0.29) is 18.0 Å². The van der Waals surface area contributed by atoms with E-state index in [1.54, 1.807) is 0 Å². The number of nitrogens with one attached hydrogen (secondary N) is 1. The van der Waals surface area contributed by atoms with Crippen molar-refractivity contribution in [2.45, 2.75) is 32.1 Å². The van der Waals surface area contributed by atoms with Gasteiger partial charge in [0.2, 0.25) is 0 Å². The van der Waals surface area contributed by atoms with Crippen LogP contribution in [0.4, 0.5) is 0 Å². The van der Waals surface area contributed by atoms with Gasteiger partial charge < -0.3 is 15.7 Å². The summed E-state index contributed by atoms with van der Waals surface area (Å²) in [6.07, 6.45) is 6.24. The molecule has 4 heteroatoms. The molecule has 2 fully saturated rings. The molecular weight excluding hydrogens is 190 g/mol. The molecule has 1 aliphatic heterocycles. The van der Waals surface area contributed by atoms with Gasteiger partial charge >= 0.3 is 0 Å². The van der Waals surface area contributed by atoms with Gasteiger partial charge in [-0.2, -0.15) is 0 Å². The Morgan fingerprint density at radius 2 is 2.07 bits per heavy atom. The van der Waals surface area contributed by atoms with Crippen LogP contribution in [0.1, 0.15) is 32.1 Å². The first-order valence-corrected chi connectivity index (χ1v) is 5.88. The third kappa shape index (κ3) is 1.83. The second-order valence-electron chi connectivity index (χ2n) is 5.07. The summed E-state index contributed by atoms with van der Waals surface area (Å²) in [7, 11) is 0. The van der Waals surface area contributed by atoms with Crippen LogP contribution in [0.3, 0.4) is 0 Å². The van der Waals surface area contributed by atoms with Crippen LogP contribution in [0.5, 0.6) is 0 Å². The van der Waals surface area contributed by atoms with Gasteiger partial charge in [0.05, 0.1) is 0 Å². The first kappa shape index (κ1) is 10.7. The summed E-state index contributed by atoms with van der Waals surface area (Å²) in [6.45, 7) is 1.89. The van der Waals surface area contributed by atoms with Crippen LogP contribution in [-0.2, 0) is 0 Å². The molecule has 2 rings (SSSR count). The summed E-state index contributed by atoms with van der Waals surface area (Å²) in [5.74, 6) is 0.484. The SMILES string of the molecule is N=C(N)N1C[C@H](CO)C2(CCCCC2)C1. The van der Waals surface area contributed by atoms with E-state index in [0.29, 0.717) is 5.92 Å².